The van der Waals surface area contributed by atoms with Crippen molar-refractivity contribution in [3.8, 4) is 0 Å². The standard InChI is InChI=1S/C18H36N2O/c1-4-19-17-9-10-18(2,3)13-15(17)14-20-11-5-7-16(20)8-6-12-21/h15-17,19,21H,4-14H2,1-3H3. The van der Waals surface area contributed by atoms with E-state index in [9.17, 15) is 0 Å². The zero-order valence-corrected chi connectivity index (χ0v) is 14.4. The maximum absolute atomic E-state index is 9.09. The van der Waals surface area contributed by atoms with Gasteiger partial charge in [-0.25, -0.2) is 0 Å². The summed E-state index contributed by atoms with van der Waals surface area (Å²) in [6.07, 6.45) is 8.87. The van der Waals surface area contributed by atoms with Gasteiger partial charge in [0, 0.05) is 25.2 Å². The van der Waals surface area contributed by atoms with Crippen molar-refractivity contribution in [1.82, 2.24) is 10.2 Å². The van der Waals surface area contributed by atoms with Gasteiger partial charge >= 0.3 is 0 Å². The van der Waals surface area contributed by atoms with Gasteiger partial charge in [-0.3, -0.25) is 0 Å². The SMILES string of the molecule is CCNC1CCC(C)(C)CC1CN1CCCC1CCCO. The highest BCUT2D eigenvalue weighted by atomic mass is 16.2. The van der Waals surface area contributed by atoms with Crippen LogP contribution in [0, 0.1) is 11.3 Å². The molecule has 2 N–H and O–H groups in total. The Bertz CT molecular complexity index is 306. The van der Waals surface area contributed by atoms with Gasteiger partial charge in [-0.05, 0) is 69.4 Å². The zero-order chi connectivity index (χ0) is 15.3. The van der Waals surface area contributed by atoms with Crippen molar-refractivity contribution in [2.45, 2.75) is 77.8 Å². The van der Waals surface area contributed by atoms with E-state index in [0.717, 1.165) is 24.9 Å². The smallest absolute Gasteiger partial charge is 0.0431 e. The van der Waals surface area contributed by atoms with E-state index in [-0.39, 0.29) is 0 Å². The van der Waals surface area contributed by atoms with Crippen molar-refractivity contribution in [3.05, 3.63) is 0 Å². The summed E-state index contributed by atoms with van der Waals surface area (Å²) in [5, 5.41) is 12.8. The summed E-state index contributed by atoms with van der Waals surface area (Å²) in [5.74, 6) is 0.795. The largest absolute Gasteiger partial charge is 0.396 e. The topological polar surface area (TPSA) is 35.5 Å². The van der Waals surface area contributed by atoms with E-state index in [1.54, 1.807) is 0 Å². The molecule has 1 aliphatic heterocycles. The highest BCUT2D eigenvalue weighted by molar-refractivity contribution is 4.92. The van der Waals surface area contributed by atoms with E-state index in [4.69, 9.17) is 5.11 Å². The number of rotatable bonds is 7. The van der Waals surface area contributed by atoms with Gasteiger partial charge in [0.1, 0.15) is 0 Å². The minimum Gasteiger partial charge on any atom is -0.396 e. The van der Waals surface area contributed by atoms with Crippen molar-refractivity contribution in [3.63, 3.8) is 0 Å². The molecule has 0 amide bonds. The molecule has 21 heavy (non-hydrogen) atoms. The molecule has 1 saturated heterocycles. The van der Waals surface area contributed by atoms with E-state index in [1.807, 2.05) is 0 Å². The van der Waals surface area contributed by atoms with Crippen LogP contribution in [0.4, 0.5) is 0 Å². The van der Waals surface area contributed by atoms with Crippen LogP contribution in [0.3, 0.4) is 0 Å². The Balaban J connectivity index is 1.93. The highest BCUT2D eigenvalue weighted by Gasteiger charge is 2.37. The lowest BCUT2D eigenvalue weighted by Crippen LogP contribution is -2.48. The molecule has 0 bridgehead atoms. The third-order valence-corrected chi connectivity index (χ3v) is 5.65. The Morgan fingerprint density at radius 1 is 1.29 bits per heavy atom. The van der Waals surface area contributed by atoms with Crippen molar-refractivity contribution in [2.24, 2.45) is 11.3 Å². The zero-order valence-electron chi connectivity index (χ0n) is 14.4. The number of hydrogen-bond donors (Lipinski definition) is 2. The first kappa shape index (κ1) is 17.2. The first-order valence-corrected chi connectivity index (χ1v) is 9.14. The summed E-state index contributed by atoms with van der Waals surface area (Å²) < 4.78 is 0. The summed E-state index contributed by atoms with van der Waals surface area (Å²) in [7, 11) is 0. The number of nitrogens with one attached hydrogen (secondary N) is 1. The molecule has 1 heterocycles. The summed E-state index contributed by atoms with van der Waals surface area (Å²) in [5.41, 5.74) is 0.511. The minimum absolute atomic E-state index is 0.348. The lowest BCUT2D eigenvalue weighted by Gasteiger charge is -2.43. The quantitative estimate of drug-likeness (QED) is 0.758. The van der Waals surface area contributed by atoms with E-state index in [2.05, 4.69) is 31.0 Å². The summed E-state index contributed by atoms with van der Waals surface area (Å²) in [6, 6.07) is 1.44. The van der Waals surface area contributed by atoms with Crippen LogP contribution in [0.25, 0.3) is 0 Å². The van der Waals surface area contributed by atoms with Gasteiger partial charge in [0.25, 0.3) is 0 Å². The second kappa shape index (κ2) is 7.94. The number of aliphatic hydroxyl groups excluding tert-OH is 1. The molecule has 3 heteroatoms. The molecule has 0 spiro atoms. The Labute approximate surface area is 131 Å². The van der Waals surface area contributed by atoms with Crippen molar-refractivity contribution in [2.75, 3.05) is 26.2 Å². The Hall–Kier alpha value is -0.120. The van der Waals surface area contributed by atoms with Crippen LogP contribution in [0.5, 0.6) is 0 Å². The van der Waals surface area contributed by atoms with E-state index >= 15 is 0 Å². The normalized spacial score (nSPS) is 33.4. The molecule has 124 valence electrons. The van der Waals surface area contributed by atoms with Crippen LogP contribution in [0.1, 0.15) is 65.7 Å². The molecular weight excluding hydrogens is 260 g/mol. The molecule has 3 atom stereocenters. The molecule has 2 aliphatic rings. The fourth-order valence-electron chi connectivity index (χ4n) is 4.55. The second-order valence-corrected chi connectivity index (χ2v) is 7.99. The third-order valence-electron chi connectivity index (χ3n) is 5.65. The summed E-state index contributed by atoms with van der Waals surface area (Å²) in [4.78, 5) is 2.73. The highest BCUT2D eigenvalue weighted by Crippen LogP contribution is 2.40. The predicted octanol–water partition coefficient (Wildman–Crippen LogP) is 3.03. The average molecular weight is 296 g/mol. The van der Waals surface area contributed by atoms with E-state index < -0.39 is 0 Å². The molecule has 0 radical (unpaired) electrons. The predicted molar refractivity (Wildman–Crippen MR) is 89.5 cm³/mol. The summed E-state index contributed by atoms with van der Waals surface area (Å²) in [6.45, 7) is 11.1. The molecule has 2 rings (SSSR count). The number of likely N-dealkylation sites (tertiary alicyclic amines) is 1. The van der Waals surface area contributed by atoms with E-state index in [1.165, 1.54) is 51.6 Å². The molecule has 0 aromatic heterocycles. The Morgan fingerprint density at radius 2 is 2.10 bits per heavy atom. The van der Waals surface area contributed by atoms with Gasteiger partial charge in [-0.1, -0.05) is 20.8 Å². The number of nitrogens with zero attached hydrogens (tertiary/aromatic N) is 1. The second-order valence-electron chi connectivity index (χ2n) is 7.99. The van der Waals surface area contributed by atoms with Crippen LogP contribution in [-0.4, -0.2) is 48.3 Å². The van der Waals surface area contributed by atoms with Gasteiger partial charge in [0.15, 0.2) is 0 Å². The monoisotopic (exact) mass is 296 g/mol. The fraction of sp³-hybridized carbons (Fsp3) is 1.00. The van der Waals surface area contributed by atoms with Crippen LogP contribution in [0.2, 0.25) is 0 Å². The molecule has 2 fully saturated rings. The van der Waals surface area contributed by atoms with Crippen molar-refractivity contribution >= 4 is 0 Å². The maximum atomic E-state index is 9.09. The van der Waals surface area contributed by atoms with Gasteiger partial charge in [0.05, 0.1) is 0 Å². The van der Waals surface area contributed by atoms with Gasteiger partial charge in [-0.15, -0.1) is 0 Å². The van der Waals surface area contributed by atoms with Gasteiger partial charge in [0.2, 0.25) is 0 Å². The van der Waals surface area contributed by atoms with Gasteiger partial charge < -0.3 is 15.3 Å². The lowest BCUT2D eigenvalue weighted by atomic mass is 9.69. The van der Waals surface area contributed by atoms with E-state index in [0.29, 0.717) is 18.1 Å². The van der Waals surface area contributed by atoms with Crippen LogP contribution in [0.15, 0.2) is 0 Å². The Morgan fingerprint density at radius 3 is 2.81 bits per heavy atom. The molecule has 0 aromatic rings. The van der Waals surface area contributed by atoms with Gasteiger partial charge in [-0.2, -0.15) is 0 Å². The fourth-order valence-corrected chi connectivity index (χ4v) is 4.55. The molecular formula is C18H36N2O. The maximum Gasteiger partial charge on any atom is 0.0431 e. The molecule has 3 unspecified atom stereocenters. The molecule has 1 saturated carbocycles. The van der Waals surface area contributed by atoms with Crippen molar-refractivity contribution in [1.29, 1.82) is 0 Å². The summed E-state index contributed by atoms with van der Waals surface area (Å²) >= 11 is 0. The first-order valence-electron chi connectivity index (χ1n) is 9.14. The van der Waals surface area contributed by atoms with Crippen LogP contribution < -0.4 is 5.32 Å². The lowest BCUT2D eigenvalue weighted by molar-refractivity contribution is 0.0926. The number of hydrogen-bond acceptors (Lipinski definition) is 3. The molecule has 0 aromatic carbocycles. The average Bonchev–Trinajstić information content (AvgIpc) is 2.86. The number of aliphatic hydroxyl groups is 1. The van der Waals surface area contributed by atoms with Crippen LogP contribution >= 0.6 is 0 Å². The molecule has 1 aliphatic carbocycles. The first-order chi connectivity index (χ1) is 10.1. The minimum atomic E-state index is 0.348. The molecule has 3 nitrogen and oxygen atoms in total. The van der Waals surface area contributed by atoms with Crippen molar-refractivity contribution < 1.29 is 5.11 Å². The van der Waals surface area contributed by atoms with Crippen LogP contribution in [-0.2, 0) is 0 Å². The third kappa shape index (κ3) is 4.94. The Kier molecular flexibility index (Phi) is 6.51.